The molecule has 0 spiro atoms. The number of methoxy groups -OCH3 is 1. The molecule has 0 saturated carbocycles. The normalized spacial score (nSPS) is 12.3. The van der Waals surface area contributed by atoms with Crippen molar-refractivity contribution >= 4 is 16.9 Å². The van der Waals surface area contributed by atoms with Crippen molar-refractivity contribution in [2.45, 2.75) is 19.5 Å². The summed E-state index contributed by atoms with van der Waals surface area (Å²) in [5, 5.41) is 3.92. The van der Waals surface area contributed by atoms with Gasteiger partial charge in [0.15, 0.2) is 0 Å². The lowest BCUT2D eigenvalue weighted by Crippen LogP contribution is -2.35. The fourth-order valence-corrected chi connectivity index (χ4v) is 1.85. The molecule has 1 aromatic heterocycles. The van der Waals surface area contributed by atoms with E-state index in [0.717, 1.165) is 10.9 Å². The van der Waals surface area contributed by atoms with E-state index < -0.39 is 6.04 Å². The van der Waals surface area contributed by atoms with Gasteiger partial charge in [-0.25, -0.2) is 0 Å². The number of hydrogen-bond donors (Lipinski definition) is 2. The van der Waals surface area contributed by atoms with Gasteiger partial charge in [-0.3, -0.25) is 9.59 Å². The zero-order chi connectivity index (χ0) is 13.8. The molecule has 0 aliphatic rings. The molecule has 19 heavy (non-hydrogen) atoms. The van der Waals surface area contributed by atoms with E-state index >= 15 is 0 Å². The number of aromatic nitrogens is 1. The second-order valence-electron chi connectivity index (χ2n) is 4.34. The van der Waals surface area contributed by atoms with Crippen LogP contribution in [0.3, 0.4) is 0 Å². The Bertz CT molecular complexity index is 648. The molecule has 2 rings (SSSR count). The number of ether oxygens (including phenoxy) is 1. The van der Waals surface area contributed by atoms with Gasteiger partial charge in [-0.15, -0.1) is 0 Å². The zero-order valence-corrected chi connectivity index (χ0v) is 10.9. The Morgan fingerprint density at radius 1 is 1.42 bits per heavy atom. The highest BCUT2D eigenvalue weighted by Gasteiger charge is 2.12. The Kier molecular flexibility index (Phi) is 3.97. The summed E-state index contributed by atoms with van der Waals surface area (Å²) in [4.78, 5) is 25.9. The van der Waals surface area contributed by atoms with Crippen LogP contribution in [0.5, 0.6) is 0 Å². The Hall–Kier alpha value is -2.14. The summed E-state index contributed by atoms with van der Waals surface area (Å²) in [6, 6.07) is 8.94. The largest absolute Gasteiger partial charge is 0.468 e. The summed E-state index contributed by atoms with van der Waals surface area (Å²) < 4.78 is 4.61. The summed E-state index contributed by atoms with van der Waals surface area (Å²) in [6.07, 6.45) is 0. The van der Waals surface area contributed by atoms with E-state index in [0.29, 0.717) is 12.1 Å². The molecule has 5 heteroatoms. The number of para-hydroxylation sites is 1. The second-order valence-corrected chi connectivity index (χ2v) is 4.34. The molecular weight excluding hydrogens is 244 g/mol. The molecule has 100 valence electrons. The van der Waals surface area contributed by atoms with Gasteiger partial charge in [0, 0.05) is 17.6 Å². The summed E-state index contributed by atoms with van der Waals surface area (Å²) >= 11 is 0. The van der Waals surface area contributed by atoms with Crippen molar-refractivity contribution in [1.29, 1.82) is 0 Å². The second kappa shape index (κ2) is 5.67. The molecule has 0 bridgehead atoms. The Labute approximate surface area is 110 Å². The predicted octanol–water partition coefficient (Wildman–Crippen LogP) is 1.18. The van der Waals surface area contributed by atoms with Crippen LogP contribution in [0.4, 0.5) is 0 Å². The maximum Gasteiger partial charge on any atom is 0.322 e. The van der Waals surface area contributed by atoms with Gasteiger partial charge in [-0.1, -0.05) is 18.2 Å². The summed E-state index contributed by atoms with van der Waals surface area (Å²) in [6.45, 7) is 2.01. The first-order valence-corrected chi connectivity index (χ1v) is 6.04. The number of rotatable bonds is 4. The first kappa shape index (κ1) is 13.3. The quantitative estimate of drug-likeness (QED) is 0.810. The van der Waals surface area contributed by atoms with Gasteiger partial charge in [0.25, 0.3) is 5.56 Å². The summed E-state index contributed by atoms with van der Waals surface area (Å²) in [5.74, 6) is -0.350. The fraction of sp³-hybridized carbons (Fsp3) is 0.286. The highest BCUT2D eigenvalue weighted by Crippen LogP contribution is 2.09. The molecule has 1 aromatic carbocycles. The van der Waals surface area contributed by atoms with Gasteiger partial charge < -0.3 is 15.0 Å². The number of benzene rings is 1. The Balaban J connectivity index is 2.19. The maximum atomic E-state index is 11.9. The Morgan fingerprint density at radius 2 is 2.16 bits per heavy atom. The van der Waals surface area contributed by atoms with E-state index in [1.165, 1.54) is 7.11 Å². The van der Waals surface area contributed by atoms with Gasteiger partial charge in [-0.2, -0.15) is 0 Å². The third-order valence-corrected chi connectivity index (χ3v) is 2.98. The third-order valence-electron chi connectivity index (χ3n) is 2.98. The van der Waals surface area contributed by atoms with Crippen LogP contribution in [0.15, 0.2) is 35.1 Å². The molecule has 0 aliphatic carbocycles. The lowest BCUT2D eigenvalue weighted by molar-refractivity contribution is -0.142. The third kappa shape index (κ3) is 3.00. The highest BCUT2D eigenvalue weighted by molar-refractivity contribution is 5.78. The van der Waals surface area contributed by atoms with E-state index in [1.54, 1.807) is 6.92 Å². The van der Waals surface area contributed by atoms with Crippen molar-refractivity contribution in [1.82, 2.24) is 10.3 Å². The number of nitrogens with one attached hydrogen (secondary N) is 2. The molecule has 0 amide bonds. The average Bonchev–Trinajstić information content (AvgIpc) is 2.43. The maximum absolute atomic E-state index is 11.9. The smallest absolute Gasteiger partial charge is 0.322 e. The van der Waals surface area contributed by atoms with Gasteiger partial charge in [0.05, 0.1) is 7.11 Å². The predicted molar refractivity (Wildman–Crippen MR) is 72.9 cm³/mol. The van der Waals surface area contributed by atoms with Crippen molar-refractivity contribution in [2.24, 2.45) is 0 Å². The summed E-state index contributed by atoms with van der Waals surface area (Å²) in [7, 11) is 1.34. The minimum atomic E-state index is -0.448. The standard InChI is InChI=1S/C14H16N2O3/c1-9(14(18)19-2)15-8-11-7-10-5-3-4-6-12(10)16-13(11)17/h3-7,9,15H,8H2,1-2H3,(H,16,17)/t9-/m0/s1. The highest BCUT2D eigenvalue weighted by atomic mass is 16.5. The van der Waals surface area contributed by atoms with Crippen LogP contribution in [-0.2, 0) is 16.1 Å². The SMILES string of the molecule is COC(=O)[C@H](C)NCc1cc2ccccc2[nH]c1=O. The van der Waals surface area contributed by atoms with Crippen LogP contribution in [-0.4, -0.2) is 24.1 Å². The topological polar surface area (TPSA) is 71.2 Å². The molecule has 2 aromatic rings. The van der Waals surface area contributed by atoms with Gasteiger partial charge in [0.1, 0.15) is 6.04 Å². The molecule has 1 heterocycles. The molecule has 2 N–H and O–H groups in total. The van der Waals surface area contributed by atoms with E-state index in [4.69, 9.17) is 0 Å². The van der Waals surface area contributed by atoms with E-state index in [9.17, 15) is 9.59 Å². The first-order valence-electron chi connectivity index (χ1n) is 6.04. The van der Waals surface area contributed by atoms with Gasteiger partial charge in [-0.05, 0) is 24.4 Å². The van der Waals surface area contributed by atoms with Crippen molar-refractivity contribution in [3.05, 3.63) is 46.2 Å². The van der Waals surface area contributed by atoms with E-state index in [2.05, 4.69) is 15.0 Å². The first-order chi connectivity index (χ1) is 9.11. The number of pyridine rings is 1. The van der Waals surface area contributed by atoms with Crippen LogP contribution in [0, 0.1) is 0 Å². The van der Waals surface area contributed by atoms with E-state index in [1.807, 2.05) is 30.3 Å². The number of aromatic amines is 1. The van der Waals surface area contributed by atoms with Crippen LogP contribution in [0.2, 0.25) is 0 Å². The van der Waals surface area contributed by atoms with Crippen molar-refractivity contribution in [2.75, 3.05) is 7.11 Å². The van der Waals surface area contributed by atoms with Crippen LogP contribution >= 0.6 is 0 Å². The molecule has 5 nitrogen and oxygen atoms in total. The van der Waals surface area contributed by atoms with Crippen LogP contribution < -0.4 is 10.9 Å². The number of H-pyrrole nitrogens is 1. The number of hydrogen-bond acceptors (Lipinski definition) is 4. The zero-order valence-electron chi connectivity index (χ0n) is 10.9. The van der Waals surface area contributed by atoms with Gasteiger partial charge >= 0.3 is 5.97 Å². The van der Waals surface area contributed by atoms with Crippen molar-refractivity contribution in [3.63, 3.8) is 0 Å². The van der Waals surface area contributed by atoms with E-state index in [-0.39, 0.29) is 11.5 Å². The molecular formula is C14H16N2O3. The minimum absolute atomic E-state index is 0.150. The average molecular weight is 260 g/mol. The molecule has 0 unspecified atom stereocenters. The van der Waals surface area contributed by atoms with Crippen molar-refractivity contribution < 1.29 is 9.53 Å². The van der Waals surface area contributed by atoms with Crippen molar-refractivity contribution in [3.8, 4) is 0 Å². The lowest BCUT2D eigenvalue weighted by Gasteiger charge is -2.11. The van der Waals surface area contributed by atoms with Crippen LogP contribution in [0.1, 0.15) is 12.5 Å². The van der Waals surface area contributed by atoms with Gasteiger partial charge in [0.2, 0.25) is 0 Å². The number of carbonyl (C=O) groups excluding carboxylic acids is 1. The molecule has 0 aliphatic heterocycles. The molecule has 0 saturated heterocycles. The molecule has 0 fully saturated rings. The minimum Gasteiger partial charge on any atom is -0.468 e. The fourth-order valence-electron chi connectivity index (χ4n) is 1.85. The monoisotopic (exact) mass is 260 g/mol. The number of esters is 1. The molecule has 0 radical (unpaired) electrons. The van der Waals surface area contributed by atoms with Crippen LogP contribution in [0.25, 0.3) is 10.9 Å². The molecule has 1 atom stereocenters. The number of carbonyl (C=O) groups is 1. The summed E-state index contributed by atoms with van der Waals surface area (Å²) in [5.41, 5.74) is 1.25. The lowest BCUT2D eigenvalue weighted by atomic mass is 10.1. The Morgan fingerprint density at radius 3 is 2.89 bits per heavy atom. The number of fused-ring (bicyclic) bond motifs is 1.